The Kier molecular flexibility index (Phi) is 6.65. The molecule has 6 heteroatoms. The zero-order chi connectivity index (χ0) is 19.1. The lowest BCUT2D eigenvalue weighted by Crippen LogP contribution is -2.44. The number of piperazine rings is 1. The van der Waals surface area contributed by atoms with Gasteiger partial charge in [0.1, 0.15) is 11.6 Å². The highest BCUT2D eigenvalue weighted by molar-refractivity contribution is 5.94. The lowest BCUT2D eigenvalue weighted by molar-refractivity contribution is 0.0950. The number of rotatable bonds is 7. The molecule has 1 aliphatic heterocycles. The first-order valence-corrected chi connectivity index (χ1v) is 9.55. The second kappa shape index (κ2) is 9.37. The number of likely N-dealkylation sites (N-methyl/N-ethyl adjacent to an activating group) is 1. The molecule has 6 nitrogen and oxygen atoms in total. The maximum Gasteiger partial charge on any atom is 0.251 e. The molecule has 1 saturated heterocycles. The molecule has 0 bridgehead atoms. The molecule has 0 spiro atoms. The summed E-state index contributed by atoms with van der Waals surface area (Å²) >= 11 is 0. The lowest BCUT2D eigenvalue weighted by atomic mass is 10.2. The van der Waals surface area contributed by atoms with Crippen LogP contribution in [0, 0.1) is 0 Å². The molecule has 2 heterocycles. The van der Waals surface area contributed by atoms with Crippen molar-refractivity contribution >= 4 is 11.7 Å². The molecule has 2 aromatic rings. The maximum absolute atomic E-state index is 12.5. The first-order valence-electron chi connectivity index (χ1n) is 9.55. The van der Waals surface area contributed by atoms with Crippen LogP contribution in [-0.2, 0) is 6.54 Å². The van der Waals surface area contributed by atoms with Gasteiger partial charge >= 0.3 is 0 Å². The van der Waals surface area contributed by atoms with E-state index in [0.29, 0.717) is 18.7 Å². The predicted molar refractivity (Wildman–Crippen MR) is 107 cm³/mol. The smallest absolute Gasteiger partial charge is 0.251 e. The van der Waals surface area contributed by atoms with E-state index in [4.69, 9.17) is 4.74 Å². The SMILES string of the molecule is CCCOc1cccc(C(=O)NCc2ccnc(N3CCN(C)CC3)c2)c1. The Morgan fingerprint density at radius 2 is 2.00 bits per heavy atom. The van der Waals surface area contributed by atoms with Crippen molar-refractivity contribution in [1.82, 2.24) is 15.2 Å². The highest BCUT2D eigenvalue weighted by Crippen LogP contribution is 2.16. The van der Waals surface area contributed by atoms with Crippen LogP contribution in [0.5, 0.6) is 5.75 Å². The monoisotopic (exact) mass is 368 g/mol. The van der Waals surface area contributed by atoms with E-state index in [-0.39, 0.29) is 5.91 Å². The van der Waals surface area contributed by atoms with Gasteiger partial charge in [-0.2, -0.15) is 0 Å². The predicted octanol–water partition coefficient (Wildman–Crippen LogP) is 2.55. The molecule has 1 amide bonds. The number of carbonyl (C=O) groups is 1. The van der Waals surface area contributed by atoms with Crippen LogP contribution in [0.25, 0.3) is 0 Å². The zero-order valence-electron chi connectivity index (χ0n) is 16.1. The van der Waals surface area contributed by atoms with E-state index < -0.39 is 0 Å². The fourth-order valence-electron chi connectivity index (χ4n) is 3.01. The van der Waals surface area contributed by atoms with E-state index in [0.717, 1.165) is 49.7 Å². The summed E-state index contributed by atoms with van der Waals surface area (Å²) in [4.78, 5) is 21.6. The molecular formula is C21H28N4O2. The Morgan fingerprint density at radius 3 is 2.78 bits per heavy atom. The third-order valence-electron chi connectivity index (χ3n) is 4.66. The number of anilines is 1. The van der Waals surface area contributed by atoms with Gasteiger partial charge in [-0.25, -0.2) is 4.98 Å². The average molecular weight is 368 g/mol. The number of carbonyl (C=O) groups excluding carboxylic acids is 1. The molecule has 1 fully saturated rings. The third kappa shape index (κ3) is 5.44. The highest BCUT2D eigenvalue weighted by Gasteiger charge is 2.15. The molecule has 1 N–H and O–H groups in total. The van der Waals surface area contributed by atoms with E-state index in [1.54, 1.807) is 12.1 Å². The molecular weight excluding hydrogens is 340 g/mol. The van der Waals surface area contributed by atoms with Gasteiger partial charge in [0.15, 0.2) is 0 Å². The quantitative estimate of drug-likeness (QED) is 0.814. The molecule has 0 atom stereocenters. The minimum absolute atomic E-state index is 0.102. The Morgan fingerprint density at radius 1 is 1.19 bits per heavy atom. The molecule has 27 heavy (non-hydrogen) atoms. The molecule has 144 valence electrons. The molecule has 1 aromatic heterocycles. The summed E-state index contributed by atoms with van der Waals surface area (Å²) in [5, 5.41) is 2.99. The number of ether oxygens (including phenoxy) is 1. The van der Waals surface area contributed by atoms with Gasteiger partial charge in [-0.3, -0.25) is 4.79 Å². The molecule has 0 aliphatic carbocycles. The van der Waals surface area contributed by atoms with E-state index in [1.165, 1.54) is 0 Å². The summed E-state index contributed by atoms with van der Waals surface area (Å²) in [5.41, 5.74) is 1.66. The van der Waals surface area contributed by atoms with E-state index >= 15 is 0 Å². The number of hydrogen-bond donors (Lipinski definition) is 1. The minimum Gasteiger partial charge on any atom is -0.494 e. The number of aromatic nitrogens is 1. The van der Waals surface area contributed by atoms with Crippen LogP contribution >= 0.6 is 0 Å². The van der Waals surface area contributed by atoms with Crippen LogP contribution in [0.3, 0.4) is 0 Å². The summed E-state index contributed by atoms with van der Waals surface area (Å²) in [5.74, 6) is 1.60. The lowest BCUT2D eigenvalue weighted by Gasteiger charge is -2.33. The largest absolute Gasteiger partial charge is 0.494 e. The zero-order valence-corrected chi connectivity index (χ0v) is 16.1. The van der Waals surface area contributed by atoms with Gasteiger partial charge in [0.05, 0.1) is 6.61 Å². The van der Waals surface area contributed by atoms with Crippen molar-refractivity contribution in [2.24, 2.45) is 0 Å². The van der Waals surface area contributed by atoms with Crippen molar-refractivity contribution in [2.75, 3.05) is 44.7 Å². The highest BCUT2D eigenvalue weighted by atomic mass is 16.5. The average Bonchev–Trinajstić information content (AvgIpc) is 2.71. The summed E-state index contributed by atoms with van der Waals surface area (Å²) in [7, 11) is 2.14. The Labute approximate surface area is 161 Å². The van der Waals surface area contributed by atoms with E-state index in [1.807, 2.05) is 24.4 Å². The van der Waals surface area contributed by atoms with Crippen LogP contribution in [0.2, 0.25) is 0 Å². The van der Waals surface area contributed by atoms with E-state index in [2.05, 4.69) is 40.1 Å². The second-order valence-corrected chi connectivity index (χ2v) is 6.87. The van der Waals surface area contributed by atoms with Gasteiger partial charge in [0.25, 0.3) is 5.91 Å². The summed E-state index contributed by atoms with van der Waals surface area (Å²) in [6.07, 6.45) is 2.75. The van der Waals surface area contributed by atoms with Crippen molar-refractivity contribution in [1.29, 1.82) is 0 Å². The van der Waals surface area contributed by atoms with Crippen LogP contribution in [0.1, 0.15) is 29.3 Å². The topological polar surface area (TPSA) is 57.7 Å². The van der Waals surface area contributed by atoms with Crippen LogP contribution in [-0.4, -0.2) is 55.6 Å². The summed E-state index contributed by atoms with van der Waals surface area (Å²) < 4.78 is 5.60. The normalized spacial score (nSPS) is 14.8. The first kappa shape index (κ1) is 19.2. The Bertz CT molecular complexity index is 757. The van der Waals surface area contributed by atoms with Crippen molar-refractivity contribution in [3.8, 4) is 5.75 Å². The van der Waals surface area contributed by atoms with E-state index in [9.17, 15) is 4.79 Å². The van der Waals surface area contributed by atoms with Crippen LogP contribution < -0.4 is 15.0 Å². The standard InChI is InChI=1S/C21H28N4O2/c1-3-13-27-19-6-4-5-18(15-19)21(26)23-16-17-7-8-22-20(14-17)25-11-9-24(2)10-12-25/h4-8,14-15H,3,9-13,16H2,1-2H3,(H,23,26). The van der Waals surface area contributed by atoms with Gasteiger partial charge in [0, 0.05) is 44.5 Å². The van der Waals surface area contributed by atoms with Gasteiger partial charge in [0.2, 0.25) is 0 Å². The fraction of sp³-hybridized carbons (Fsp3) is 0.429. The fourth-order valence-corrected chi connectivity index (χ4v) is 3.01. The third-order valence-corrected chi connectivity index (χ3v) is 4.66. The molecule has 1 aromatic carbocycles. The maximum atomic E-state index is 12.5. The van der Waals surface area contributed by atoms with Crippen LogP contribution in [0.4, 0.5) is 5.82 Å². The van der Waals surface area contributed by atoms with Gasteiger partial charge < -0.3 is 19.9 Å². The van der Waals surface area contributed by atoms with Crippen LogP contribution in [0.15, 0.2) is 42.6 Å². The number of pyridine rings is 1. The molecule has 1 aliphatic rings. The molecule has 3 rings (SSSR count). The molecule has 0 radical (unpaired) electrons. The number of benzene rings is 1. The van der Waals surface area contributed by atoms with Gasteiger partial charge in [-0.1, -0.05) is 13.0 Å². The molecule has 0 saturated carbocycles. The number of nitrogens with zero attached hydrogens (tertiary/aromatic N) is 3. The summed E-state index contributed by atoms with van der Waals surface area (Å²) in [6.45, 7) is 7.22. The minimum atomic E-state index is -0.102. The van der Waals surface area contributed by atoms with Crippen molar-refractivity contribution in [3.05, 3.63) is 53.7 Å². The number of amides is 1. The Balaban J connectivity index is 1.58. The Hall–Kier alpha value is -2.60. The second-order valence-electron chi connectivity index (χ2n) is 6.87. The first-order chi connectivity index (χ1) is 13.2. The van der Waals surface area contributed by atoms with Gasteiger partial charge in [-0.05, 0) is 49.4 Å². The molecule has 0 unspecified atom stereocenters. The van der Waals surface area contributed by atoms with Crippen molar-refractivity contribution in [2.45, 2.75) is 19.9 Å². The summed E-state index contributed by atoms with van der Waals surface area (Å²) in [6, 6.07) is 11.3. The van der Waals surface area contributed by atoms with Gasteiger partial charge in [-0.15, -0.1) is 0 Å². The number of nitrogens with one attached hydrogen (secondary N) is 1. The number of hydrogen-bond acceptors (Lipinski definition) is 5. The van der Waals surface area contributed by atoms with Crippen molar-refractivity contribution < 1.29 is 9.53 Å². The van der Waals surface area contributed by atoms with Crippen molar-refractivity contribution in [3.63, 3.8) is 0 Å².